The lowest BCUT2D eigenvalue weighted by atomic mass is 10.1. The third kappa shape index (κ3) is 4.70. The van der Waals surface area contributed by atoms with Crippen molar-refractivity contribution in [3.63, 3.8) is 0 Å². The molecule has 0 saturated carbocycles. The Balaban J connectivity index is 1.41. The van der Waals surface area contributed by atoms with Gasteiger partial charge in [-0.25, -0.2) is 0 Å². The fourth-order valence-corrected chi connectivity index (χ4v) is 3.80. The molecule has 4 rings (SSSR count). The first-order chi connectivity index (χ1) is 15.4. The number of benzene rings is 3. The molecule has 3 aromatic rings. The standard InChI is InChI=1S/C25H23ClN2O4/c1-16-5-3-4-6-22(16)32-20-10-8-19(9-11-20)27-25(30)17-13-24(29)28(15-17)21-14-18(26)7-12-23(21)31-2/h3-12,14,17H,13,15H2,1-2H3,(H,27,30)/t17-/m1/s1. The number of halogens is 1. The second-order valence-electron chi connectivity index (χ2n) is 7.60. The van der Waals surface area contributed by atoms with Gasteiger partial charge in [0.25, 0.3) is 0 Å². The molecule has 0 spiro atoms. The van der Waals surface area contributed by atoms with E-state index in [0.717, 1.165) is 11.3 Å². The zero-order valence-corrected chi connectivity index (χ0v) is 18.6. The zero-order chi connectivity index (χ0) is 22.7. The summed E-state index contributed by atoms with van der Waals surface area (Å²) >= 11 is 6.10. The highest BCUT2D eigenvalue weighted by molar-refractivity contribution is 6.31. The van der Waals surface area contributed by atoms with Gasteiger partial charge in [0.2, 0.25) is 11.8 Å². The van der Waals surface area contributed by atoms with Crippen LogP contribution in [0.25, 0.3) is 0 Å². The molecule has 1 atom stereocenters. The number of rotatable bonds is 6. The maximum atomic E-state index is 12.8. The number of ether oxygens (including phenoxy) is 2. The van der Waals surface area contributed by atoms with E-state index in [9.17, 15) is 9.59 Å². The fourth-order valence-electron chi connectivity index (χ4n) is 3.64. The number of nitrogens with zero attached hydrogens (tertiary/aromatic N) is 1. The lowest BCUT2D eigenvalue weighted by molar-refractivity contribution is -0.122. The number of carbonyl (C=O) groups excluding carboxylic acids is 2. The first kappa shape index (κ1) is 21.7. The molecule has 1 fully saturated rings. The average molecular weight is 451 g/mol. The average Bonchev–Trinajstić information content (AvgIpc) is 3.18. The van der Waals surface area contributed by atoms with Crippen molar-refractivity contribution in [2.45, 2.75) is 13.3 Å². The van der Waals surface area contributed by atoms with E-state index in [1.54, 1.807) is 47.4 Å². The van der Waals surface area contributed by atoms with Gasteiger partial charge < -0.3 is 19.7 Å². The Morgan fingerprint density at radius 2 is 1.81 bits per heavy atom. The SMILES string of the molecule is COc1ccc(Cl)cc1N1C[C@H](C(=O)Nc2ccc(Oc3ccccc3C)cc2)CC1=O. The van der Waals surface area contributed by atoms with Crippen LogP contribution in [-0.4, -0.2) is 25.5 Å². The molecule has 6 nitrogen and oxygen atoms in total. The summed E-state index contributed by atoms with van der Waals surface area (Å²) in [5.74, 6) is 1.15. The van der Waals surface area contributed by atoms with Crippen molar-refractivity contribution >= 4 is 34.8 Å². The molecule has 3 aromatic carbocycles. The molecular weight excluding hydrogens is 428 g/mol. The molecule has 32 heavy (non-hydrogen) atoms. The van der Waals surface area contributed by atoms with Gasteiger partial charge >= 0.3 is 0 Å². The van der Waals surface area contributed by atoms with Gasteiger partial charge in [-0.3, -0.25) is 9.59 Å². The summed E-state index contributed by atoms with van der Waals surface area (Å²) in [6.07, 6.45) is 0.121. The van der Waals surface area contributed by atoms with E-state index >= 15 is 0 Å². The molecule has 1 heterocycles. The van der Waals surface area contributed by atoms with Crippen LogP contribution in [0.2, 0.25) is 5.02 Å². The molecule has 0 bridgehead atoms. The number of hydrogen-bond acceptors (Lipinski definition) is 4. The smallest absolute Gasteiger partial charge is 0.229 e. The number of nitrogens with one attached hydrogen (secondary N) is 1. The molecule has 1 saturated heterocycles. The fraction of sp³-hybridized carbons (Fsp3) is 0.200. The summed E-state index contributed by atoms with van der Waals surface area (Å²) in [4.78, 5) is 26.9. The van der Waals surface area contributed by atoms with Crippen LogP contribution in [0, 0.1) is 12.8 Å². The van der Waals surface area contributed by atoms with Crippen molar-refractivity contribution in [2.75, 3.05) is 23.9 Å². The minimum atomic E-state index is -0.478. The maximum Gasteiger partial charge on any atom is 0.229 e. The van der Waals surface area contributed by atoms with E-state index in [0.29, 0.717) is 27.9 Å². The first-order valence-electron chi connectivity index (χ1n) is 10.2. The minimum Gasteiger partial charge on any atom is -0.495 e. The molecule has 164 valence electrons. The predicted octanol–water partition coefficient (Wildman–Crippen LogP) is 5.44. The molecule has 0 radical (unpaired) electrons. The highest BCUT2D eigenvalue weighted by atomic mass is 35.5. The number of para-hydroxylation sites is 1. The van der Waals surface area contributed by atoms with Gasteiger partial charge in [0.1, 0.15) is 17.2 Å². The van der Waals surface area contributed by atoms with Gasteiger partial charge in [-0.15, -0.1) is 0 Å². The summed E-state index contributed by atoms with van der Waals surface area (Å²) in [6.45, 7) is 2.24. The van der Waals surface area contributed by atoms with Crippen molar-refractivity contribution in [1.29, 1.82) is 0 Å². The predicted molar refractivity (Wildman–Crippen MR) is 125 cm³/mol. The number of aryl methyl sites for hydroxylation is 1. The van der Waals surface area contributed by atoms with Crippen LogP contribution in [0.15, 0.2) is 66.7 Å². The van der Waals surface area contributed by atoms with Crippen LogP contribution in [0.1, 0.15) is 12.0 Å². The Morgan fingerprint density at radius 3 is 2.53 bits per heavy atom. The lowest BCUT2D eigenvalue weighted by Crippen LogP contribution is -2.28. The highest BCUT2D eigenvalue weighted by Gasteiger charge is 2.36. The molecule has 2 amide bonds. The van der Waals surface area contributed by atoms with Gasteiger partial charge in [0.15, 0.2) is 0 Å². The Kier molecular flexibility index (Phi) is 6.32. The number of carbonyl (C=O) groups is 2. The molecule has 7 heteroatoms. The van der Waals surface area contributed by atoms with Crippen molar-refractivity contribution in [3.8, 4) is 17.2 Å². The highest BCUT2D eigenvalue weighted by Crippen LogP contribution is 2.35. The van der Waals surface area contributed by atoms with Crippen LogP contribution in [0.3, 0.4) is 0 Å². The Hall–Kier alpha value is -3.51. The van der Waals surface area contributed by atoms with E-state index in [2.05, 4.69) is 5.32 Å². The van der Waals surface area contributed by atoms with Crippen molar-refractivity contribution in [3.05, 3.63) is 77.3 Å². The quantitative estimate of drug-likeness (QED) is 0.543. The lowest BCUT2D eigenvalue weighted by Gasteiger charge is -2.20. The van der Waals surface area contributed by atoms with Crippen LogP contribution in [0.4, 0.5) is 11.4 Å². The van der Waals surface area contributed by atoms with Crippen LogP contribution in [-0.2, 0) is 9.59 Å². The first-order valence-corrected chi connectivity index (χ1v) is 10.6. The van der Waals surface area contributed by atoms with Crippen molar-refractivity contribution in [2.24, 2.45) is 5.92 Å². The maximum absolute atomic E-state index is 12.8. The second-order valence-corrected chi connectivity index (χ2v) is 8.04. The second kappa shape index (κ2) is 9.32. The number of anilines is 2. The van der Waals surface area contributed by atoms with Gasteiger partial charge in [0.05, 0.1) is 18.7 Å². The van der Waals surface area contributed by atoms with Gasteiger partial charge in [0, 0.05) is 23.7 Å². The van der Waals surface area contributed by atoms with Gasteiger partial charge in [-0.05, 0) is 61.0 Å². The van der Waals surface area contributed by atoms with E-state index < -0.39 is 5.92 Å². The monoisotopic (exact) mass is 450 g/mol. The largest absolute Gasteiger partial charge is 0.495 e. The molecular formula is C25H23ClN2O4. The summed E-state index contributed by atoms with van der Waals surface area (Å²) in [6, 6.07) is 20.0. The van der Waals surface area contributed by atoms with Crippen LogP contribution in [0.5, 0.6) is 17.2 Å². The van der Waals surface area contributed by atoms with Crippen molar-refractivity contribution < 1.29 is 19.1 Å². The molecule has 0 aromatic heterocycles. The van der Waals surface area contributed by atoms with Gasteiger partial charge in [-0.1, -0.05) is 29.8 Å². The van der Waals surface area contributed by atoms with E-state index in [1.165, 1.54) is 7.11 Å². The van der Waals surface area contributed by atoms with E-state index in [-0.39, 0.29) is 24.8 Å². The number of hydrogen-bond donors (Lipinski definition) is 1. The Bertz CT molecular complexity index is 1150. The minimum absolute atomic E-state index is 0.121. The topological polar surface area (TPSA) is 67.9 Å². The van der Waals surface area contributed by atoms with Crippen molar-refractivity contribution in [1.82, 2.24) is 0 Å². The van der Waals surface area contributed by atoms with Crippen LogP contribution < -0.4 is 19.7 Å². The number of amides is 2. The molecule has 1 aliphatic heterocycles. The van der Waals surface area contributed by atoms with E-state index in [1.807, 2.05) is 31.2 Å². The van der Waals surface area contributed by atoms with E-state index in [4.69, 9.17) is 21.1 Å². The third-order valence-corrected chi connectivity index (χ3v) is 5.61. The molecule has 1 N–H and O–H groups in total. The third-order valence-electron chi connectivity index (χ3n) is 5.37. The summed E-state index contributed by atoms with van der Waals surface area (Å²) in [7, 11) is 1.53. The molecule has 0 unspecified atom stereocenters. The zero-order valence-electron chi connectivity index (χ0n) is 17.8. The molecule has 0 aliphatic carbocycles. The normalized spacial score (nSPS) is 15.5. The molecule has 1 aliphatic rings. The Morgan fingerprint density at radius 1 is 1.06 bits per heavy atom. The van der Waals surface area contributed by atoms with Crippen LogP contribution >= 0.6 is 11.6 Å². The number of methoxy groups -OCH3 is 1. The van der Waals surface area contributed by atoms with Gasteiger partial charge in [-0.2, -0.15) is 0 Å². The summed E-state index contributed by atoms with van der Waals surface area (Å²) < 4.78 is 11.2. The summed E-state index contributed by atoms with van der Waals surface area (Å²) in [5.41, 5.74) is 2.24. The summed E-state index contributed by atoms with van der Waals surface area (Å²) in [5, 5.41) is 3.38. The Labute approximate surface area is 191 Å².